The van der Waals surface area contributed by atoms with Crippen LogP contribution in [0.15, 0.2) is 10.8 Å². The van der Waals surface area contributed by atoms with Gasteiger partial charge in [-0.2, -0.15) is 0 Å². The number of hydrogen-bond acceptors (Lipinski definition) is 2. The van der Waals surface area contributed by atoms with Crippen molar-refractivity contribution < 1.29 is 9.53 Å². The van der Waals surface area contributed by atoms with Crippen molar-refractivity contribution >= 4 is 16.2 Å². The quantitative estimate of drug-likeness (QED) is 0.343. The molecule has 0 rings (SSSR count). The van der Waals surface area contributed by atoms with Crippen LogP contribution in [0.4, 0.5) is 0 Å². The average molecular weight is 172 g/mol. The highest BCUT2D eigenvalue weighted by molar-refractivity contribution is 6.24. The standard InChI is InChI=1S/C8H16O2Si/c1-5(2)7(6(3)11)8(9)10-4/h5H,1-4,11H3. The van der Waals surface area contributed by atoms with Crippen LogP contribution >= 0.6 is 0 Å². The van der Waals surface area contributed by atoms with Crippen LogP contribution in [-0.4, -0.2) is 23.3 Å². The summed E-state index contributed by atoms with van der Waals surface area (Å²) in [5, 5.41) is 1.17. The van der Waals surface area contributed by atoms with Crippen LogP contribution in [0.2, 0.25) is 0 Å². The van der Waals surface area contributed by atoms with Crippen LogP contribution in [0.25, 0.3) is 0 Å². The first-order chi connectivity index (χ1) is 5.00. The number of carbonyl (C=O) groups excluding carboxylic acids is 1. The van der Waals surface area contributed by atoms with Crippen molar-refractivity contribution in [2.75, 3.05) is 7.11 Å². The maximum absolute atomic E-state index is 11.1. The Morgan fingerprint density at radius 1 is 1.45 bits per heavy atom. The minimum absolute atomic E-state index is 0.174. The molecule has 0 radical (unpaired) electrons. The Morgan fingerprint density at radius 2 is 1.91 bits per heavy atom. The molecule has 0 saturated carbocycles. The minimum Gasteiger partial charge on any atom is -0.466 e. The topological polar surface area (TPSA) is 26.3 Å². The van der Waals surface area contributed by atoms with E-state index in [1.165, 1.54) is 12.3 Å². The predicted molar refractivity (Wildman–Crippen MR) is 49.5 cm³/mol. The van der Waals surface area contributed by atoms with Crippen LogP contribution in [0.5, 0.6) is 0 Å². The fourth-order valence-electron chi connectivity index (χ4n) is 1.13. The number of methoxy groups -OCH3 is 1. The van der Waals surface area contributed by atoms with Gasteiger partial charge in [-0.15, -0.1) is 0 Å². The third-order valence-corrected chi connectivity index (χ3v) is 2.06. The van der Waals surface area contributed by atoms with Crippen molar-refractivity contribution in [1.29, 1.82) is 0 Å². The Morgan fingerprint density at radius 3 is 2.00 bits per heavy atom. The molecule has 0 aromatic carbocycles. The van der Waals surface area contributed by atoms with E-state index in [-0.39, 0.29) is 11.9 Å². The monoisotopic (exact) mass is 172 g/mol. The van der Waals surface area contributed by atoms with Crippen molar-refractivity contribution in [2.24, 2.45) is 5.92 Å². The number of carbonyl (C=O) groups is 1. The van der Waals surface area contributed by atoms with Gasteiger partial charge in [-0.1, -0.05) is 19.0 Å². The predicted octanol–water partition coefficient (Wildman–Crippen LogP) is 0.455. The molecule has 0 heterocycles. The van der Waals surface area contributed by atoms with Crippen LogP contribution in [0.3, 0.4) is 0 Å². The normalized spacial score (nSPS) is 13.2. The van der Waals surface area contributed by atoms with E-state index >= 15 is 0 Å². The lowest BCUT2D eigenvalue weighted by Gasteiger charge is -2.10. The lowest BCUT2D eigenvalue weighted by atomic mass is 10.0. The highest BCUT2D eigenvalue weighted by atomic mass is 28.1. The van der Waals surface area contributed by atoms with Gasteiger partial charge < -0.3 is 4.74 Å². The molecule has 3 heteroatoms. The van der Waals surface area contributed by atoms with Gasteiger partial charge in [0.05, 0.1) is 7.11 Å². The van der Waals surface area contributed by atoms with Gasteiger partial charge in [0.25, 0.3) is 0 Å². The molecule has 0 aliphatic carbocycles. The van der Waals surface area contributed by atoms with E-state index in [1.807, 2.05) is 20.8 Å². The molecule has 0 amide bonds. The summed E-state index contributed by atoms with van der Waals surface area (Å²) in [4.78, 5) is 11.1. The molecule has 0 aromatic rings. The molecule has 0 fully saturated rings. The molecule has 0 saturated heterocycles. The number of esters is 1. The second-order valence-electron chi connectivity index (χ2n) is 3.06. The van der Waals surface area contributed by atoms with Gasteiger partial charge in [-0.3, -0.25) is 0 Å². The first-order valence-electron chi connectivity index (χ1n) is 3.76. The van der Waals surface area contributed by atoms with Crippen LogP contribution in [0.1, 0.15) is 20.8 Å². The maximum atomic E-state index is 11.1. The SMILES string of the molecule is COC(=O)C(=C(C)[SiH3])C(C)C. The molecule has 64 valence electrons. The molecule has 0 atom stereocenters. The molecule has 11 heavy (non-hydrogen) atoms. The molecular formula is C8H16O2Si. The van der Waals surface area contributed by atoms with Crippen LogP contribution < -0.4 is 0 Å². The lowest BCUT2D eigenvalue weighted by molar-refractivity contribution is -0.136. The Bertz CT molecular complexity index is 179. The Balaban J connectivity index is 4.64. The summed E-state index contributed by atoms with van der Waals surface area (Å²) in [5.41, 5.74) is 0.846. The lowest BCUT2D eigenvalue weighted by Crippen LogP contribution is -2.12. The summed E-state index contributed by atoms with van der Waals surface area (Å²) in [5.74, 6) is 0.104. The molecular weight excluding hydrogens is 156 g/mol. The molecule has 0 aliphatic rings. The van der Waals surface area contributed by atoms with Gasteiger partial charge in [-0.05, 0) is 12.8 Å². The largest absolute Gasteiger partial charge is 0.466 e. The smallest absolute Gasteiger partial charge is 0.333 e. The summed E-state index contributed by atoms with van der Waals surface area (Å²) >= 11 is 0. The van der Waals surface area contributed by atoms with Gasteiger partial charge in [0.1, 0.15) is 0 Å². The van der Waals surface area contributed by atoms with Crippen molar-refractivity contribution in [1.82, 2.24) is 0 Å². The van der Waals surface area contributed by atoms with Gasteiger partial charge in [0.2, 0.25) is 0 Å². The Kier molecular flexibility index (Phi) is 4.11. The van der Waals surface area contributed by atoms with Gasteiger partial charge in [0.15, 0.2) is 0 Å². The van der Waals surface area contributed by atoms with Crippen LogP contribution in [0, 0.1) is 5.92 Å². The van der Waals surface area contributed by atoms with E-state index in [9.17, 15) is 4.79 Å². The van der Waals surface area contributed by atoms with E-state index in [0.717, 1.165) is 15.8 Å². The van der Waals surface area contributed by atoms with Crippen LogP contribution in [-0.2, 0) is 9.53 Å². The number of allylic oxidation sites excluding steroid dienone is 1. The highest BCUT2D eigenvalue weighted by Gasteiger charge is 2.14. The van der Waals surface area contributed by atoms with Crippen molar-refractivity contribution in [3.63, 3.8) is 0 Å². The van der Waals surface area contributed by atoms with Gasteiger partial charge in [-0.25, -0.2) is 4.79 Å². The molecule has 2 nitrogen and oxygen atoms in total. The molecule has 0 N–H and O–H groups in total. The molecule has 0 spiro atoms. The second kappa shape index (κ2) is 4.33. The third kappa shape index (κ3) is 2.88. The summed E-state index contributed by atoms with van der Waals surface area (Å²) in [6, 6.07) is 0. The minimum atomic E-state index is -0.174. The zero-order valence-corrected chi connectivity index (χ0v) is 9.89. The molecule has 0 bridgehead atoms. The van der Waals surface area contributed by atoms with Crippen molar-refractivity contribution in [3.8, 4) is 0 Å². The summed E-state index contributed by atoms with van der Waals surface area (Å²) < 4.78 is 4.66. The fraction of sp³-hybridized carbons (Fsp3) is 0.625. The van der Waals surface area contributed by atoms with E-state index in [0.29, 0.717) is 0 Å². The zero-order valence-electron chi connectivity index (χ0n) is 7.89. The molecule has 0 aliphatic heterocycles. The first kappa shape index (κ1) is 10.4. The Hall–Kier alpha value is -0.573. The number of rotatable bonds is 2. The summed E-state index contributed by atoms with van der Waals surface area (Å²) in [7, 11) is 2.36. The molecule has 0 aromatic heterocycles. The highest BCUT2D eigenvalue weighted by Crippen LogP contribution is 2.13. The number of hydrogen-bond donors (Lipinski definition) is 0. The Labute approximate surface area is 71.1 Å². The van der Waals surface area contributed by atoms with E-state index in [4.69, 9.17) is 0 Å². The van der Waals surface area contributed by atoms with Crippen molar-refractivity contribution in [2.45, 2.75) is 20.8 Å². The van der Waals surface area contributed by atoms with E-state index in [1.54, 1.807) is 0 Å². The van der Waals surface area contributed by atoms with Gasteiger partial charge in [0, 0.05) is 15.8 Å². The first-order valence-corrected chi connectivity index (χ1v) is 4.76. The van der Waals surface area contributed by atoms with E-state index in [2.05, 4.69) is 4.74 Å². The summed E-state index contributed by atoms with van der Waals surface area (Å²) in [6.07, 6.45) is 0. The third-order valence-electron chi connectivity index (χ3n) is 1.52. The van der Waals surface area contributed by atoms with Crippen molar-refractivity contribution in [3.05, 3.63) is 10.8 Å². The maximum Gasteiger partial charge on any atom is 0.333 e. The fourth-order valence-corrected chi connectivity index (χ4v) is 1.91. The molecule has 0 unspecified atom stereocenters. The van der Waals surface area contributed by atoms with Gasteiger partial charge >= 0.3 is 5.97 Å². The summed E-state index contributed by atoms with van der Waals surface area (Å²) in [6.45, 7) is 6.00. The second-order valence-corrected chi connectivity index (χ2v) is 4.56. The average Bonchev–Trinajstić information content (AvgIpc) is 1.85. The number of ether oxygens (including phenoxy) is 1. The zero-order chi connectivity index (χ0) is 9.02. The van der Waals surface area contributed by atoms with E-state index < -0.39 is 0 Å².